The van der Waals surface area contributed by atoms with Crippen molar-refractivity contribution in [1.82, 2.24) is 9.62 Å². The van der Waals surface area contributed by atoms with Gasteiger partial charge in [0.1, 0.15) is 10.6 Å². The molecular formula is C14H19BrN2O3S. The molecule has 1 aromatic rings. The van der Waals surface area contributed by atoms with Gasteiger partial charge in [-0.15, -0.1) is 0 Å². The number of nitrogens with zero attached hydrogens (tertiary/aromatic N) is 1. The molecule has 3 rings (SSSR count). The van der Waals surface area contributed by atoms with E-state index in [1.165, 1.54) is 0 Å². The largest absolute Gasteiger partial charge is 0.492 e. The van der Waals surface area contributed by atoms with Crippen molar-refractivity contribution in [2.45, 2.75) is 24.3 Å². The summed E-state index contributed by atoms with van der Waals surface area (Å²) < 4.78 is 33.9. The first-order valence-electron chi connectivity index (χ1n) is 7.19. The molecule has 2 aliphatic rings. The van der Waals surface area contributed by atoms with E-state index in [2.05, 4.69) is 21.2 Å². The van der Waals surface area contributed by atoms with E-state index < -0.39 is 10.0 Å². The average molecular weight is 375 g/mol. The first-order valence-corrected chi connectivity index (χ1v) is 9.42. The van der Waals surface area contributed by atoms with Crippen LogP contribution >= 0.6 is 15.9 Å². The van der Waals surface area contributed by atoms with E-state index in [9.17, 15) is 8.42 Å². The molecule has 2 heterocycles. The molecule has 7 heteroatoms. The summed E-state index contributed by atoms with van der Waals surface area (Å²) in [5, 5.41) is 3.28. The van der Waals surface area contributed by atoms with Gasteiger partial charge in [-0.05, 0) is 44.0 Å². The number of fused-ring (bicyclic) bond motifs is 1. The van der Waals surface area contributed by atoms with Gasteiger partial charge in [0, 0.05) is 23.6 Å². The van der Waals surface area contributed by atoms with E-state index >= 15 is 0 Å². The lowest BCUT2D eigenvalue weighted by molar-refractivity contribution is 0.327. The zero-order chi connectivity index (χ0) is 15.0. The number of halogens is 1. The number of nitrogens with one attached hydrogen (secondary N) is 1. The van der Waals surface area contributed by atoms with Crippen LogP contribution < -0.4 is 10.1 Å². The van der Waals surface area contributed by atoms with Crippen LogP contribution in [0.1, 0.15) is 13.3 Å². The Labute approximate surface area is 133 Å². The van der Waals surface area contributed by atoms with Crippen LogP contribution in [0.2, 0.25) is 0 Å². The molecule has 0 aliphatic carbocycles. The Morgan fingerprint density at radius 1 is 1.43 bits per heavy atom. The molecule has 0 amide bonds. The predicted octanol–water partition coefficient (Wildman–Crippen LogP) is 1.83. The van der Waals surface area contributed by atoms with Gasteiger partial charge >= 0.3 is 0 Å². The smallest absolute Gasteiger partial charge is 0.247 e. The summed E-state index contributed by atoms with van der Waals surface area (Å²) in [5.74, 6) is 0.859. The van der Waals surface area contributed by atoms with Gasteiger partial charge in [0.15, 0.2) is 0 Å². The van der Waals surface area contributed by atoms with Crippen LogP contribution in [0, 0.1) is 5.92 Å². The second kappa shape index (κ2) is 5.87. The number of hydrogen-bond donors (Lipinski definition) is 1. The summed E-state index contributed by atoms with van der Waals surface area (Å²) >= 11 is 3.35. The number of rotatable bonds is 4. The summed E-state index contributed by atoms with van der Waals surface area (Å²) in [6.45, 7) is 4.54. The molecule has 116 valence electrons. The zero-order valence-electron chi connectivity index (χ0n) is 11.9. The monoisotopic (exact) mass is 374 g/mol. The molecular weight excluding hydrogens is 356 g/mol. The van der Waals surface area contributed by atoms with Crippen molar-refractivity contribution < 1.29 is 13.2 Å². The Morgan fingerprint density at radius 2 is 2.24 bits per heavy atom. The second-order valence-electron chi connectivity index (χ2n) is 5.41. The van der Waals surface area contributed by atoms with Crippen molar-refractivity contribution >= 4 is 26.0 Å². The van der Waals surface area contributed by atoms with Gasteiger partial charge < -0.3 is 10.1 Å². The highest BCUT2D eigenvalue weighted by molar-refractivity contribution is 9.10. The lowest BCUT2D eigenvalue weighted by Crippen LogP contribution is -2.39. The van der Waals surface area contributed by atoms with Crippen LogP contribution in [0.3, 0.4) is 0 Å². The van der Waals surface area contributed by atoms with Crippen molar-refractivity contribution in [3.8, 4) is 5.75 Å². The van der Waals surface area contributed by atoms with E-state index in [4.69, 9.17) is 4.74 Å². The minimum atomic E-state index is -3.53. The summed E-state index contributed by atoms with van der Waals surface area (Å²) in [6.07, 6.45) is 0.925. The fraction of sp³-hybridized carbons (Fsp3) is 0.571. The first kappa shape index (κ1) is 15.3. The second-order valence-corrected chi connectivity index (χ2v) is 8.19. The van der Waals surface area contributed by atoms with E-state index in [-0.39, 0.29) is 10.9 Å². The molecule has 2 saturated heterocycles. The Balaban J connectivity index is 2.00. The fourth-order valence-electron chi connectivity index (χ4n) is 3.19. The quantitative estimate of drug-likeness (QED) is 0.873. The third-order valence-corrected chi connectivity index (χ3v) is 6.63. The zero-order valence-corrected chi connectivity index (χ0v) is 14.3. The summed E-state index contributed by atoms with van der Waals surface area (Å²) in [6, 6.07) is 5.22. The van der Waals surface area contributed by atoms with Gasteiger partial charge in [-0.25, -0.2) is 8.42 Å². The predicted molar refractivity (Wildman–Crippen MR) is 84.0 cm³/mol. The number of ether oxygens (including phenoxy) is 1. The Kier molecular flexibility index (Phi) is 4.27. The minimum Gasteiger partial charge on any atom is -0.492 e. The number of hydrogen-bond acceptors (Lipinski definition) is 4. The first-order chi connectivity index (χ1) is 10.0. The van der Waals surface area contributed by atoms with E-state index in [1.54, 1.807) is 22.5 Å². The molecule has 2 fully saturated rings. The minimum absolute atomic E-state index is 0.0726. The number of benzene rings is 1. The molecule has 1 N–H and O–H groups in total. The lowest BCUT2D eigenvalue weighted by Gasteiger charge is -2.24. The van der Waals surface area contributed by atoms with Crippen molar-refractivity contribution in [3.05, 3.63) is 22.7 Å². The Morgan fingerprint density at radius 3 is 3.00 bits per heavy atom. The van der Waals surface area contributed by atoms with Crippen LogP contribution in [-0.4, -0.2) is 45.0 Å². The average Bonchev–Trinajstić information content (AvgIpc) is 3.03. The van der Waals surface area contributed by atoms with Crippen LogP contribution in [-0.2, 0) is 10.0 Å². The highest BCUT2D eigenvalue weighted by atomic mass is 79.9. The standard InChI is InChI=1S/C14H19BrN2O3S/c1-2-20-13-4-3-11(15)7-14(13)21(18,19)17-6-5-10-8-16-9-12(10)17/h3-4,7,10,12,16H,2,5-6,8-9H2,1H3/t10-,12+/m0/s1. The Hall–Kier alpha value is -0.630. The molecule has 0 bridgehead atoms. The maximum Gasteiger partial charge on any atom is 0.247 e. The van der Waals surface area contributed by atoms with Crippen molar-refractivity contribution in [2.24, 2.45) is 5.92 Å². The normalized spacial score (nSPS) is 26.0. The molecule has 5 nitrogen and oxygen atoms in total. The van der Waals surface area contributed by atoms with Gasteiger partial charge in [-0.2, -0.15) is 4.31 Å². The topological polar surface area (TPSA) is 58.6 Å². The third-order valence-electron chi connectivity index (χ3n) is 4.19. The fourth-order valence-corrected chi connectivity index (χ4v) is 5.56. The van der Waals surface area contributed by atoms with Crippen LogP contribution in [0.25, 0.3) is 0 Å². The highest BCUT2D eigenvalue weighted by Gasteiger charge is 2.44. The highest BCUT2D eigenvalue weighted by Crippen LogP contribution is 2.36. The summed E-state index contributed by atoms with van der Waals surface area (Å²) in [5.41, 5.74) is 0. The van der Waals surface area contributed by atoms with Gasteiger partial charge in [-0.1, -0.05) is 15.9 Å². The molecule has 2 atom stereocenters. The van der Waals surface area contributed by atoms with Crippen LogP contribution in [0.15, 0.2) is 27.6 Å². The van der Waals surface area contributed by atoms with Gasteiger partial charge in [0.05, 0.1) is 6.61 Å². The molecule has 1 aromatic carbocycles. The third kappa shape index (κ3) is 2.72. The van der Waals surface area contributed by atoms with Crippen molar-refractivity contribution in [1.29, 1.82) is 0 Å². The maximum atomic E-state index is 13.0. The van der Waals surface area contributed by atoms with E-state index in [0.29, 0.717) is 24.8 Å². The molecule has 0 radical (unpaired) electrons. The van der Waals surface area contributed by atoms with E-state index in [1.807, 2.05) is 6.92 Å². The number of sulfonamides is 1. The van der Waals surface area contributed by atoms with Crippen molar-refractivity contribution in [3.63, 3.8) is 0 Å². The molecule has 0 aromatic heterocycles. The molecule has 0 unspecified atom stereocenters. The van der Waals surface area contributed by atoms with Crippen LogP contribution in [0.5, 0.6) is 5.75 Å². The molecule has 0 spiro atoms. The van der Waals surface area contributed by atoms with Gasteiger partial charge in [0.25, 0.3) is 0 Å². The SMILES string of the molecule is CCOc1ccc(Br)cc1S(=O)(=O)N1CC[C@H]2CNC[C@H]21. The lowest BCUT2D eigenvalue weighted by atomic mass is 10.1. The summed E-state index contributed by atoms with van der Waals surface area (Å²) in [4.78, 5) is 0.256. The molecule has 0 saturated carbocycles. The Bertz CT molecular complexity index is 635. The molecule has 2 aliphatic heterocycles. The summed E-state index contributed by atoms with van der Waals surface area (Å²) in [7, 11) is -3.53. The van der Waals surface area contributed by atoms with Gasteiger partial charge in [0.2, 0.25) is 10.0 Å². The van der Waals surface area contributed by atoms with Crippen molar-refractivity contribution in [2.75, 3.05) is 26.2 Å². The van der Waals surface area contributed by atoms with Crippen LogP contribution in [0.4, 0.5) is 0 Å². The molecule has 21 heavy (non-hydrogen) atoms. The van der Waals surface area contributed by atoms with E-state index in [0.717, 1.165) is 24.0 Å². The van der Waals surface area contributed by atoms with Gasteiger partial charge in [-0.3, -0.25) is 0 Å². The maximum absolute atomic E-state index is 13.0.